The van der Waals surface area contributed by atoms with Gasteiger partial charge >= 0.3 is 0 Å². The summed E-state index contributed by atoms with van der Waals surface area (Å²) in [6, 6.07) is 7.37. The van der Waals surface area contributed by atoms with Gasteiger partial charge in [-0.25, -0.2) is 5.48 Å². The minimum Gasteiger partial charge on any atom is -0.361 e. The summed E-state index contributed by atoms with van der Waals surface area (Å²) in [7, 11) is 0. The number of nitrogens with one attached hydrogen (secondary N) is 2. The van der Waals surface area contributed by atoms with Crippen molar-refractivity contribution in [2.45, 2.75) is 6.92 Å². The molecule has 0 aliphatic heterocycles. The van der Waals surface area contributed by atoms with Crippen molar-refractivity contribution in [2.75, 3.05) is 6.61 Å². The molecule has 0 unspecified atom stereocenters. The predicted molar refractivity (Wildman–Crippen MR) is 57.4 cm³/mol. The number of hydrogen-bond donors (Lipinski definition) is 2. The van der Waals surface area contributed by atoms with Crippen molar-refractivity contribution in [1.82, 2.24) is 10.5 Å². The minimum atomic E-state index is -0.222. The van der Waals surface area contributed by atoms with Gasteiger partial charge in [0.05, 0.1) is 6.61 Å². The van der Waals surface area contributed by atoms with Gasteiger partial charge < -0.3 is 4.98 Å². The van der Waals surface area contributed by atoms with E-state index >= 15 is 0 Å². The van der Waals surface area contributed by atoms with Crippen molar-refractivity contribution in [3.63, 3.8) is 0 Å². The number of carbonyl (C=O) groups excluding carboxylic acids is 1. The maximum absolute atomic E-state index is 11.5. The van der Waals surface area contributed by atoms with Crippen LogP contribution in [0.1, 0.15) is 17.3 Å². The minimum absolute atomic E-state index is 0.222. The highest BCUT2D eigenvalue weighted by Crippen LogP contribution is 2.13. The Morgan fingerprint density at radius 3 is 3.13 bits per heavy atom. The van der Waals surface area contributed by atoms with Crippen LogP contribution in [0.2, 0.25) is 0 Å². The highest BCUT2D eigenvalue weighted by atomic mass is 16.6. The molecule has 2 rings (SSSR count). The molecule has 0 atom stereocenters. The SMILES string of the molecule is CCONC(=O)c1ccc2[nH]ccc2c1. The lowest BCUT2D eigenvalue weighted by molar-refractivity contribution is 0.0364. The van der Waals surface area contributed by atoms with Gasteiger partial charge in [-0.3, -0.25) is 9.63 Å². The van der Waals surface area contributed by atoms with Crippen LogP contribution in [0.5, 0.6) is 0 Å². The van der Waals surface area contributed by atoms with Gasteiger partial charge in [0.25, 0.3) is 5.91 Å². The van der Waals surface area contributed by atoms with Gasteiger partial charge in [-0.2, -0.15) is 0 Å². The maximum Gasteiger partial charge on any atom is 0.274 e. The standard InChI is InChI=1S/C11H12N2O2/c1-2-15-13-11(14)9-3-4-10-8(7-9)5-6-12-10/h3-7,12H,2H2,1H3,(H,13,14). The summed E-state index contributed by atoms with van der Waals surface area (Å²) in [4.78, 5) is 19.4. The third kappa shape index (κ3) is 1.99. The molecule has 1 heterocycles. The molecule has 0 fully saturated rings. The van der Waals surface area contributed by atoms with Gasteiger partial charge in [-0.15, -0.1) is 0 Å². The molecule has 0 saturated heterocycles. The summed E-state index contributed by atoms with van der Waals surface area (Å²) >= 11 is 0. The molecule has 0 bridgehead atoms. The smallest absolute Gasteiger partial charge is 0.274 e. The second-order valence-corrected chi connectivity index (χ2v) is 3.14. The first-order chi connectivity index (χ1) is 7.31. The van der Waals surface area contributed by atoms with Crippen LogP contribution < -0.4 is 5.48 Å². The van der Waals surface area contributed by atoms with Crippen molar-refractivity contribution in [3.05, 3.63) is 36.0 Å². The van der Waals surface area contributed by atoms with Crippen LogP contribution in [0, 0.1) is 0 Å². The zero-order chi connectivity index (χ0) is 10.7. The Morgan fingerprint density at radius 2 is 2.33 bits per heavy atom. The van der Waals surface area contributed by atoms with E-state index in [9.17, 15) is 4.79 Å². The lowest BCUT2D eigenvalue weighted by Gasteiger charge is -2.03. The topological polar surface area (TPSA) is 54.1 Å². The highest BCUT2D eigenvalue weighted by molar-refractivity contribution is 5.97. The van der Waals surface area contributed by atoms with Gasteiger partial charge in [0.15, 0.2) is 0 Å². The fourth-order valence-corrected chi connectivity index (χ4v) is 1.39. The first-order valence-electron chi connectivity index (χ1n) is 4.80. The first-order valence-corrected chi connectivity index (χ1v) is 4.80. The fraction of sp³-hybridized carbons (Fsp3) is 0.182. The normalized spacial score (nSPS) is 10.5. The van der Waals surface area contributed by atoms with E-state index in [1.165, 1.54) is 0 Å². The largest absolute Gasteiger partial charge is 0.361 e. The van der Waals surface area contributed by atoms with Gasteiger partial charge in [-0.1, -0.05) is 0 Å². The van der Waals surface area contributed by atoms with E-state index in [2.05, 4.69) is 10.5 Å². The van der Waals surface area contributed by atoms with E-state index in [1.54, 1.807) is 6.07 Å². The summed E-state index contributed by atoms with van der Waals surface area (Å²) in [5.41, 5.74) is 3.97. The lowest BCUT2D eigenvalue weighted by Crippen LogP contribution is -2.23. The van der Waals surface area contributed by atoms with E-state index in [0.717, 1.165) is 10.9 Å². The van der Waals surface area contributed by atoms with Gasteiger partial charge in [0.2, 0.25) is 0 Å². The molecule has 1 aromatic carbocycles. The number of hydrogen-bond acceptors (Lipinski definition) is 2. The van der Waals surface area contributed by atoms with Crippen molar-refractivity contribution in [3.8, 4) is 0 Å². The fourth-order valence-electron chi connectivity index (χ4n) is 1.39. The number of aromatic nitrogens is 1. The number of H-pyrrole nitrogens is 1. The Morgan fingerprint density at radius 1 is 1.47 bits per heavy atom. The highest BCUT2D eigenvalue weighted by Gasteiger charge is 2.05. The second-order valence-electron chi connectivity index (χ2n) is 3.14. The van der Waals surface area contributed by atoms with Crippen LogP contribution in [0.25, 0.3) is 10.9 Å². The van der Waals surface area contributed by atoms with Crippen molar-refractivity contribution in [2.24, 2.45) is 0 Å². The molecule has 0 aliphatic rings. The Hall–Kier alpha value is -1.81. The van der Waals surface area contributed by atoms with Crippen LogP contribution in [-0.2, 0) is 4.84 Å². The third-order valence-corrected chi connectivity index (χ3v) is 2.12. The van der Waals surface area contributed by atoms with Crippen LogP contribution in [0.4, 0.5) is 0 Å². The van der Waals surface area contributed by atoms with Crippen LogP contribution in [-0.4, -0.2) is 17.5 Å². The maximum atomic E-state index is 11.5. The average Bonchev–Trinajstić information content (AvgIpc) is 2.72. The number of rotatable bonds is 3. The van der Waals surface area contributed by atoms with E-state index in [4.69, 9.17) is 4.84 Å². The van der Waals surface area contributed by atoms with Gasteiger partial charge in [-0.05, 0) is 31.2 Å². The van der Waals surface area contributed by atoms with Gasteiger partial charge in [0.1, 0.15) is 0 Å². The molecule has 4 heteroatoms. The average molecular weight is 204 g/mol. The Bertz CT molecular complexity index is 476. The number of carbonyl (C=O) groups is 1. The van der Waals surface area contributed by atoms with Crippen LogP contribution in [0.3, 0.4) is 0 Å². The van der Waals surface area contributed by atoms with Crippen molar-refractivity contribution in [1.29, 1.82) is 0 Å². The molecule has 0 radical (unpaired) electrons. The first kappa shape index (κ1) is 9.73. The molecular formula is C11H12N2O2. The molecule has 1 aromatic heterocycles. The Balaban J connectivity index is 2.23. The monoisotopic (exact) mass is 204 g/mol. The number of fused-ring (bicyclic) bond motifs is 1. The summed E-state index contributed by atoms with van der Waals surface area (Å²) in [5.74, 6) is -0.222. The Kier molecular flexibility index (Phi) is 2.69. The van der Waals surface area contributed by atoms with Crippen molar-refractivity contribution < 1.29 is 9.63 Å². The molecule has 0 saturated carbocycles. The van der Waals surface area contributed by atoms with E-state index in [-0.39, 0.29) is 5.91 Å². The summed E-state index contributed by atoms with van der Waals surface area (Å²) in [6.07, 6.45) is 1.84. The van der Waals surface area contributed by atoms with Gasteiger partial charge in [0, 0.05) is 22.7 Å². The molecule has 1 amide bonds. The number of amides is 1. The molecule has 15 heavy (non-hydrogen) atoms. The van der Waals surface area contributed by atoms with E-state index in [1.807, 2.05) is 31.3 Å². The zero-order valence-electron chi connectivity index (χ0n) is 8.41. The third-order valence-electron chi connectivity index (χ3n) is 2.12. The quantitative estimate of drug-likeness (QED) is 0.749. The summed E-state index contributed by atoms with van der Waals surface area (Å²) in [5, 5.41) is 1.01. The molecule has 2 N–H and O–H groups in total. The molecule has 0 aliphatic carbocycles. The molecule has 2 aromatic rings. The molecule has 4 nitrogen and oxygen atoms in total. The molecule has 78 valence electrons. The number of benzene rings is 1. The van der Waals surface area contributed by atoms with E-state index in [0.29, 0.717) is 12.2 Å². The summed E-state index contributed by atoms with van der Waals surface area (Å²) in [6.45, 7) is 2.27. The summed E-state index contributed by atoms with van der Waals surface area (Å²) < 4.78 is 0. The van der Waals surface area contributed by atoms with Crippen LogP contribution in [0.15, 0.2) is 30.5 Å². The van der Waals surface area contributed by atoms with E-state index < -0.39 is 0 Å². The molecule has 0 spiro atoms. The van der Waals surface area contributed by atoms with Crippen LogP contribution >= 0.6 is 0 Å². The Labute approximate surface area is 87.2 Å². The number of hydroxylamine groups is 1. The molecular weight excluding hydrogens is 192 g/mol. The second kappa shape index (κ2) is 4.14. The lowest BCUT2D eigenvalue weighted by atomic mass is 10.1. The van der Waals surface area contributed by atoms with Crippen molar-refractivity contribution >= 4 is 16.8 Å². The predicted octanol–water partition coefficient (Wildman–Crippen LogP) is 1.85. The zero-order valence-corrected chi connectivity index (χ0v) is 8.41. The number of aromatic amines is 1.